The summed E-state index contributed by atoms with van der Waals surface area (Å²) in [5.74, 6) is 0.472. The summed E-state index contributed by atoms with van der Waals surface area (Å²) < 4.78 is 11.3. The van der Waals surface area contributed by atoms with Crippen molar-refractivity contribution in [1.29, 1.82) is 0 Å². The van der Waals surface area contributed by atoms with Crippen LogP contribution < -0.4 is 5.32 Å². The van der Waals surface area contributed by atoms with Crippen LogP contribution in [0.4, 0.5) is 10.2 Å². The second kappa shape index (κ2) is 11.3. The van der Waals surface area contributed by atoms with Crippen LogP contribution in [0, 0.1) is 6.92 Å². The molecule has 5 rings (SSSR count). The molecule has 32 heavy (non-hydrogen) atoms. The molecule has 168 valence electrons. The van der Waals surface area contributed by atoms with Gasteiger partial charge >= 0.3 is 0 Å². The van der Waals surface area contributed by atoms with Gasteiger partial charge in [0, 0.05) is 40.7 Å². The second-order valence-corrected chi connectivity index (χ2v) is 7.60. The van der Waals surface area contributed by atoms with Crippen molar-refractivity contribution in [3.8, 4) is 11.1 Å². The quantitative estimate of drug-likeness (QED) is 0.414. The molecule has 1 aliphatic carbocycles. The average Bonchev–Trinajstić information content (AvgIpc) is 3.63. The van der Waals surface area contributed by atoms with Crippen molar-refractivity contribution in [3.05, 3.63) is 48.2 Å². The van der Waals surface area contributed by atoms with Crippen molar-refractivity contribution >= 4 is 28.8 Å². The molecule has 4 aromatic heterocycles. The van der Waals surface area contributed by atoms with Gasteiger partial charge in [0.25, 0.3) is 0 Å². The Morgan fingerprint density at radius 1 is 1.06 bits per heavy atom. The molecule has 8 heteroatoms. The fraction of sp³-hybridized carbons (Fsp3) is 0.375. The number of unbranched alkanes of at least 4 members (excludes halogenated alkanes) is 1. The van der Waals surface area contributed by atoms with Gasteiger partial charge < -0.3 is 5.32 Å². The molecule has 1 amide bonds. The number of nitrogens with one attached hydrogen (secondary N) is 1. The van der Waals surface area contributed by atoms with Crippen molar-refractivity contribution < 1.29 is 9.18 Å². The first-order valence-corrected chi connectivity index (χ1v) is 10.9. The highest BCUT2D eigenvalue weighted by Gasteiger charge is 2.14. The van der Waals surface area contributed by atoms with E-state index in [2.05, 4.69) is 45.3 Å². The normalized spacial score (nSPS) is 11.9. The van der Waals surface area contributed by atoms with Crippen LogP contribution in [0.2, 0.25) is 0 Å². The van der Waals surface area contributed by atoms with Gasteiger partial charge in [0.15, 0.2) is 5.65 Å². The Bertz CT molecular complexity index is 1190. The number of anilines is 1. The summed E-state index contributed by atoms with van der Waals surface area (Å²) in [4.78, 5) is 24.1. The van der Waals surface area contributed by atoms with Gasteiger partial charge in [0.2, 0.25) is 6.41 Å². The van der Waals surface area contributed by atoms with Crippen LogP contribution in [-0.4, -0.2) is 38.2 Å². The lowest BCUT2D eigenvalue weighted by molar-refractivity contribution is -0.105. The Hall–Kier alpha value is -3.42. The van der Waals surface area contributed by atoms with E-state index < -0.39 is 0 Å². The number of aromatic nitrogens is 5. The Balaban J connectivity index is 0.000000522. The maximum Gasteiger partial charge on any atom is 0.212 e. The molecule has 1 saturated carbocycles. The highest BCUT2D eigenvalue weighted by atomic mass is 19.1. The lowest BCUT2D eigenvalue weighted by Gasteiger charge is -2.11. The zero-order valence-electron chi connectivity index (χ0n) is 18.8. The summed E-state index contributed by atoms with van der Waals surface area (Å²) in [5, 5.41) is 7.85. The average molecular weight is 437 g/mol. The summed E-state index contributed by atoms with van der Waals surface area (Å²) in [7, 11) is 0.500. The fourth-order valence-electron chi connectivity index (χ4n) is 3.30. The molecule has 0 radical (unpaired) electrons. The van der Waals surface area contributed by atoms with Crippen LogP contribution in [0.25, 0.3) is 27.7 Å². The molecule has 1 fully saturated rings. The molecule has 0 saturated heterocycles. The lowest BCUT2D eigenvalue weighted by Crippen LogP contribution is -2.00. The SMILES string of the molecule is C1CC1.CCCCc1cc(C)c(-c2cc3cnc(NC=O)cc3n3ncnc23)cn1.CF. The third-order valence-corrected chi connectivity index (χ3v) is 5.03. The second-order valence-electron chi connectivity index (χ2n) is 7.60. The van der Waals surface area contributed by atoms with E-state index in [0.29, 0.717) is 19.4 Å². The van der Waals surface area contributed by atoms with Gasteiger partial charge in [-0.3, -0.25) is 14.2 Å². The van der Waals surface area contributed by atoms with Crippen LogP contribution in [0.5, 0.6) is 0 Å². The molecule has 0 unspecified atom stereocenters. The molecule has 0 atom stereocenters. The van der Waals surface area contributed by atoms with Gasteiger partial charge in [-0.25, -0.2) is 14.5 Å². The van der Waals surface area contributed by atoms with Crippen molar-refractivity contribution in [2.45, 2.75) is 52.4 Å². The number of halogens is 1. The number of carbonyl (C=O) groups is 1. The van der Waals surface area contributed by atoms with Gasteiger partial charge in [-0.2, -0.15) is 5.10 Å². The minimum absolute atomic E-state index is 0.472. The number of hydrogen-bond donors (Lipinski definition) is 1. The molecular formula is C24H29FN6O. The van der Waals surface area contributed by atoms with E-state index in [1.807, 2.05) is 12.3 Å². The third-order valence-electron chi connectivity index (χ3n) is 5.03. The minimum Gasteiger partial charge on any atom is -0.313 e. The zero-order chi connectivity index (χ0) is 22.9. The van der Waals surface area contributed by atoms with Gasteiger partial charge in [0.1, 0.15) is 12.1 Å². The first-order valence-electron chi connectivity index (χ1n) is 10.9. The summed E-state index contributed by atoms with van der Waals surface area (Å²) in [6.07, 6.45) is 13.6. The maximum absolute atomic E-state index is 10.7. The van der Waals surface area contributed by atoms with Crippen LogP contribution in [0.3, 0.4) is 0 Å². The molecule has 0 spiro atoms. The zero-order valence-corrected chi connectivity index (χ0v) is 18.8. The van der Waals surface area contributed by atoms with Crippen LogP contribution in [0.15, 0.2) is 36.9 Å². The first kappa shape index (κ1) is 23.2. The van der Waals surface area contributed by atoms with Gasteiger partial charge in [0.05, 0.1) is 12.7 Å². The summed E-state index contributed by atoms with van der Waals surface area (Å²) in [6, 6.07) is 5.98. The number of amides is 1. The third kappa shape index (κ3) is 5.43. The van der Waals surface area contributed by atoms with E-state index in [-0.39, 0.29) is 0 Å². The summed E-state index contributed by atoms with van der Waals surface area (Å²) >= 11 is 0. The number of carbonyl (C=O) groups excluding carboxylic acids is 1. The van der Waals surface area contributed by atoms with Crippen molar-refractivity contribution in [2.24, 2.45) is 0 Å². The van der Waals surface area contributed by atoms with E-state index >= 15 is 0 Å². The molecule has 1 aliphatic rings. The van der Waals surface area contributed by atoms with Gasteiger partial charge in [-0.15, -0.1) is 0 Å². The maximum atomic E-state index is 10.7. The fourth-order valence-corrected chi connectivity index (χ4v) is 3.30. The van der Waals surface area contributed by atoms with Crippen LogP contribution in [-0.2, 0) is 11.2 Å². The molecule has 0 aromatic carbocycles. The number of hydrogen-bond acceptors (Lipinski definition) is 5. The largest absolute Gasteiger partial charge is 0.313 e. The predicted molar refractivity (Wildman–Crippen MR) is 125 cm³/mol. The standard InChI is InChI=1S/C20H20N6O.C3H6.CH3F/c1-3-4-5-15-6-13(2)17(10-21-15)16-7-14-9-22-19(24-12-27)8-18(14)26-20(16)23-11-25-26;1-2-3-1;1-2/h6-12H,3-5H2,1-2H3,(H,22,24,27);1-3H2;1H3. The molecule has 0 aliphatic heterocycles. The smallest absolute Gasteiger partial charge is 0.212 e. The van der Waals surface area contributed by atoms with Crippen molar-refractivity contribution in [2.75, 3.05) is 12.5 Å². The number of fused-ring (bicyclic) bond motifs is 3. The van der Waals surface area contributed by atoms with Gasteiger partial charge in [-0.1, -0.05) is 32.6 Å². The van der Waals surface area contributed by atoms with E-state index in [9.17, 15) is 9.18 Å². The van der Waals surface area contributed by atoms with E-state index in [4.69, 9.17) is 0 Å². The van der Waals surface area contributed by atoms with E-state index in [0.717, 1.165) is 58.2 Å². The van der Waals surface area contributed by atoms with Crippen molar-refractivity contribution in [1.82, 2.24) is 24.6 Å². The minimum atomic E-state index is 0.472. The van der Waals surface area contributed by atoms with E-state index in [1.165, 1.54) is 25.6 Å². The van der Waals surface area contributed by atoms with Crippen LogP contribution in [0.1, 0.15) is 50.3 Å². The lowest BCUT2D eigenvalue weighted by atomic mass is 10.0. The Morgan fingerprint density at radius 2 is 1.84 bits per heavy atom. The molecule has 7 nitrogen and oxygen atoms in total. The predicted octanol–water partition coefficient (Wildman–Crippen LogP) is 5.31. The van der Waals surface area contributed by atoms with E-state index in [1.54, 1.807) is 16.8 Å². The molecule has 0 bridgehead atoms. The number of rotatable bonds is 6. The Kier molecular flexibility index (Phi) is 8.19. The Morgan fingerprint density at radius 3 is 2.50 bits per heavy atom. The number of alkyl halides is 1. The summed E-state index contributed by atoms with van der Waals surface area (Å²) in [5.41, 5.74) is 5.85. The number of pyridine rings is 3. The highest BCUT2D eigenvalue weighted by molar-refractivity contribution is 5.92. The van der Waals surface area contributed by atoms with Gasteiger partial charge in [-0.05, 0) is 37.5 Å². The van der Waals surface area contributed by atoms with Crippen LogP contribution >= 0.6 is 0 Å². The molecule has 1 N–H and O–H groups in total. The molecule has 4 heterocycles. The van der Waals surface area contributed by atoms with Crippen molar-refractivity contribution in [3.63, 3.8) is 0 Å². The Labute approximate surface area is 187 Å². The number of nitrogens with zero attached hydrogens (tertiary/aromatic N) is 5. The molecule has 4 aromatic rings. The molecular weight excluding hydrogens is 407 g/mol. The topological polar surface area (TPSA) is 85.1 Å². The number of aryl methyl sites for hydroxylation is 2. The first-order chi connectivity index (χ1) is 15.7. The monoisotopic (exact) mass is 436 g/mol. The highest BCUT2D eigenvalue weighted by Crippen LogP contribution is 2.30. The summed E-state index contributed by atoms with van der Waals surface area (Å²) in [6.45, 7) is 4.28.